The lowest BCUT2D eigenvalue weighted by molar-refractivity contribution is -0.129. The lowest BCUT2D eigenvalue weighted by Crippen LogP contribution is -2.05. The maximum Gasteiger partial charge on any atom is 0.363 e. The average Bonchev–Trinajstić information content (AvgIpc) is 3.28. The van der Waals surface area contributed by atoms with Gasteiger partial charge in [0.05, 0.1) is 12.1 Å². The molecule has 0 unspecified atom stereocenters. The second-order valence-electron chi connectivity index (χ2n) is 8.23. The molecule has 1 aliphatic rings. The van der Waals surface area contributed by atoms with Crippen LogP contribution in [-0.4, -0.2) is 19.0 Å². The molecule has 0 fully saturated rings. The van der Waals surface area contributed by atoms with Crippen molar-refractivity contribution < 1.29 is 19.0 Å². The molecule has 37 heavy (non-hydrogen) atoms. The highest BCUT2D eigenvalue weighted by molar-refractivity contribution is 9.10. The fourth-order valence-electron chi connectivity index (χ4n) is 3.87. The first kappa shape index (κ1) is 24.8. The summed E-state index contributed by atoms with van der Waals surface area (Å²) in [7, 11) is 1.54. The van der Waals surface area contributed by atoms with Gasteiger partial charge >= 0.3 is 5.97 Å². The molecular weight excluding hydrogens is 554 g/mol. The molecule has 0 spiro atoms. The third-order valence-electron chi connectivity index (χ3n) is 5.69. The molecule has 0 saturated carbocycles. The van der Waals surface area contributed by atoms with E-state index in [0.29, 0.717) is 34.3 Å². The second-order valence-corrected chi connectivity index (χ2v) is 9.56. The first-order chi connectivity index (χ1) is 18.0. The van der Waals surface area contributed by atoms with Gasteiger partial charge in [0.15, 0.2) is 17.2 Å². The van der Waals surface area contributed by atoms with Gasteiger partial charge in [0, 0.05) is 10.0 Å². The van der Waals surface area contributed by atoms with Gasteiger partial charge in [0.1, 0.15) is 6.61 Å². The summed E-state index contributed by atoms with van der Waals surface area (Å²) >= 11 is 9.98. The number of carbonyl (C=O) groups excluding carboxylic acids is 1. The Bertz CT molecular complexity index is 1510. The Morgan fingerprint density at radius 1 is 0.919 bits per heavy atom. The van der Waals surface area contributed by atoms with E-state index in [1.807, 2.05) is 78.9 Å². The van der Waals surface area contributed by atoms with E-state index in [1.165, 1.54) is 7.11 Å². The first-order valence-electron chi connectivity index (χ1n) is 11.4. The van der Waals surface area contributed by atoms with Gasteiger partial charge in [-0.2, -0.15) is 0 Å². The maximum atomic E-state index is 12.5. The van der Waals surface area contributed by atoms with Crippen molar-refractivity contribution in [2.45, 2.75) is 6.61 Å². The molecule has 0 saturated heterocycles. The molecule has 0 N–H and O–H groups in total. The van der Waals surface area contributed by atoms with Gasteiger partial charge in [-0.25, -0.2) is 9.79 Å². The van der Waals surface area contributed by atoms with Crippen LogP contribution in [0.25, 0.3) is 17.2 Å². The standard InChI is InChI=1S/C30H21BrClNO4/c1-35-27-17-20(15-25(32)28(27)36-18-19-6-5-9-24(31)14-19)16-26-30(34)37-29(33-26)23-12-10-22(11-13-23)21-7-3-2-4-8-21/h2-17H,18H2,1H3/b26-16-. The third-order valence-corrected chi connectivity index (χ3v) is 6.46. The lowest BCUT2D eigenvalue weighted by atomic mass is 10.0. The summed E-state index contributed by atoms with van der Waals surface area (Å²) in [6, 6.07) is 29.0. The summed E-state index contributed by atoms with van der Waals surface area (Å²) in [4.78, 5) is 17.0. The van der Waals surface area contributed by atoms with Crippen LogP contribution in [0.3, 0.4) is 0 Å². The van der Waals surface area contributed by atoms with Crippen LogP contribution in [0.4, 0.5) is 0 Å². The molecule has 4 aromatic rings. The van der Waals surface area contributed by atoms with Crippen LogP contribution in [0.5, 0.6) is 11.5 Å². The Labute approximate surface area is 228 Å². The summed E-state index contributed by atoms with van der Waals surface area (Å²) in [6.45, 7) is 0.318. The van der Waals surface area contributed by atoms with Crippen molar-refractivity contribution >= 4 is 45.5 Å². The quantitative estimate of drug-likeness (QED) is 0.168. The van der Waals surface area contributed by atoms with E-state index in [2.05, 4.69) is 20.9 Å². The number of benzene rings is 4. The van der Waals surface area contributed by atoms with Gasteiger partial charge in [-0.1, -0.05) is 82.1 Å². The van der Waals surface area contributed by atoms with Crippen LogP contribution in [0, 0.1) is 0 Å². The average molecular weight is 575 g/mol. The highest BCUT2D eigenvalue weighted by Crippen LogP contribution is 2.38. The fraction of sp³-hybridized carbons (Fsp3) is 0.0667. The first-order valence-corrected chi connectivity index (χ1v) is 12.6. The van der Waals surface area contributed by atoms with Crippen molar-refractivity contribution in [3.8, 4) is 22.6 Å². The van der Waals surface area contributed by atoms with Crippen molar-refractivity contribution in [2.24, 2.45) is 4.99 Å². The van der Waals surface area contributed by atoms with E-state index in [1.54, 1.807) is 18.2 Å². The molecule has 4 aromatic carbocycles. The Morgan fingerprint density at radius 2 is 1.65 bits per heavy atom. The summed E-state index contributed by atoms with van der Waals surface area (Å²) < 4.78 is 17.9. The Balaban J connectivity index is 1.36. The molecular formula is C30H21BrClNO4. The zero-order valence-corrected chi connectivity index (χ0v) is 22.1. The van der Waals surface area contributed by atoms with Gasteiger partial charge in [-0.3, -0.25) is 0 Å². The molecule has 0 aliphatic carbocycles. The van der Waals surface area contributed by atoms with Gasteiger partial charge in [0.25, 0.3) is 0 Å². The second kappa shape index (κ2) is 11.0. The number of hydrogen-bond acceptors (Lipinski definition) is 5. The highest BCUT2D eigenvalue weighted by Gasteiger charge is 2.24. The van der Waals surface area contributed by atoms with Crippen LogP contribution in [0.2, 0.25) is 5.02 Å². The van der Waals surface area contributed by atoms with E-state index in [0.717, 1.165) is 21.2 Å². The van der Waals surface area contributed by atoms with Crippen molar-refractivity contribution in [1.82, 2.24) is 0 Å². The molecule has 0 atom stereocenters. The minimum Gasteiger partial charge on any atom is -0.493 e. The van der Waals surface area contributed by atoms with Gasteiger partial charge in [-0.05, 0) is 64.7 Å². The molecule has 184 valence electrons. The minimum atomic E-state index is -0.535. The van der Waals surface area contributed by atoms with Gasteiger partial charge < -0.3 is 14.2 Å². The van der Waals surface area contributed by atoms with Crippen LogP contribution in [0.1, 0.15) is 16.7 Å². The smallest absolute Gasteiger partial charge is 0.363 e. The van der Waals surface area contributed by atoms with Crippen molar-refractivity contribution in [2.75, 3.05) is 7.11 Å². The summed E-state index contributed by atoms with van der Waals surface area (Å²) in [5, 5.41) is 0.355. The zero-order valence-electron chi connectivity index (χ0n) is 19.8. The normalized spacial score (nSPS) is 13.9. The molecule has 0 aromatic heterocycles. The third kappa shape index (κ3) is 5.77. The van der Waals surface area contributed by atoms with E-state index in [9.17, 15) is 4.79 Å². The number of esters is 1. The largest absolute Gasteiger partial charge is 0.493 e. The van der Waals surface area contributed by atoms with E-state index >= 15 is 0 Å². The van der Waals surface area contributed by atoms with Crippen LogP contribution in [0.15, 0.2) is 106 Å². The van der Waals surface area contributed by atoms with E-state index in [-0.39, 0.29) is 11.6 Å². The Morgan fingerprint density at radius 3 is 2.38 bits per heavy atom. The summed E-state index contributed by atoms with van der Waals surface area (Å²) in [5.41, 5.74) is 4.66. The molecule has 0 radical (unpaired) electrons. The van der Waals surface area contributed by atoms with E-state index in [4.69, 9.17) is 25.8 Å². The highest BCUT2D eigenvalue weighted by atomic mass is 79.9. The number of rotatable bonds is 7. The van der Waals surface area contributed by atoms with Crippen molar-refractivity contribution in [3.05, 3.63) is 123 Å². The number of hydrogen-bond donors (Lipinski definition) is 0. The minimum absolute atomic E-state index is 0.169. The van der Waals surface area contributed by atoms with Gasteiger partial charge in [0.2, 0.25) is 5.90 Å². The molecule has 1 aliphatic heterocycles. The lowest BCUT2D eigenvalue weighted by Gasteiger charge is -2.13. The number of cyclic esters (lactones) is 1. The molecule has 5 rings (SSSR count). The number of ether oxygens (including phenoxy) is 3. The summed E-state index contributed by atoms with van der Waals surface area (Å²) in [6.07, 6.45) is 1.61. The number of nitrogens with zero attached hydrogens (tertiary/aromatic N) is 1. The number of halogens is 2. The SMILES string of the molecule is COc1cc(/C=C2\N=C(c3ccc(-c4ccccc4)cc3)OC2=O)cc(Cl)c1OCc1cccc(Br)c1. The predicted molar refractivity (Wildman–Crippen MR) is 149 cm³/mol. The molecule has 5 nitrogen and oxygen atoms in total. The zero-order chi connectivity index (χ0) is 25.8. The molecule has 7 heteroatoms. The van der Waals surface area contributed by atoms with Crippen LogP contribution in [-0.2, 0) is 16.1 Å². The number of carbonyl (C=O) groups is 1. The molecule has 0 amide bonds. The Kier molecular flexibility index (Phi) is 7.40. The maximum absolute atomic E-state index is 12.5. The number of methoxy groups -OCH3 is 1. The molecule has 0 bridgehead atoms. The van der Waals surface area contributed by atoms with Gasteiger partial charge in [-0.15, -0.1) is 0 Å². The predicted octanol–water partition coefficient (Wildman–Crippen LogP) is 7.70. The monoisotopic (exact) mass is 573 g/mol. The van der Waals surface area contributed by atoms with Crippen LogP contribution >= 0.6 is 27.5 Å². The Hall–Kier alpha value is -3.87. The fourth-order valence-corrected chi connectivity index (χ4v) is 4.59. The van der Waals surface area contributed by atoms with E-state index < -0.39 is 5.97 Å². The summed E-state index contributed by atoms with van der Waals surface area (Å²) in [5.74, 6) is 0.583. The van der Waals surface area contributed by atoms with Crippen molar-refractivity contribution in [1.29, 1.82) is 0 Å². The topological polar surface area (TPSA) is 57.1 Å². The van der Waals surface area contributed by atoms with Crippen molar-refractivity contribution in [3.63, 3.8) is 0 Å². The number of aliphatic imine (C=N–C) groups is 1. The van der Waals surface area contributed by atoms with Crippen LogP contribution < -0.4 is 9.47 Å². The molecule has 1 heterocycles.